The van der Waals surface area contributed by atoms with Crippen LogP contribution < -0.4 is 0 Å². The lowest BCUT2D eigenvalue weighted by molar-refractivity contribution is -0.142. The number of esters is 1. The molecule has 0 bridgehead atoms. The van der Waals surface area contributed by atoms with Crippen LogP contribution >= 0.6 is 11.6 Å². The van der Waals surface area contributed by atoms with Gasteiger partial charge in [-0.05, 0) is 30.2 Å². The molecule has 0 spiro atoms. The second-order valence-corrected chi connectivity index (χ2v) is 3.42. The van der Waals surface area contributed by atoms with E-state index in [9.17, 15) is 13.6 Å². The minimum Gasteiger partial charge on any atom is -0.466 e. The van der Waals surface area contributed by atoms with Crippen LogP contribution in [0.5, 0.6) is 0 Å². The van der Waals surface area contributed by atoms with Gasteiger partial charge in [0.2, 0.25) is 0 Å². The highest BCUT2D eigenvalue weighted by molar-refractivity contribution is 6.17. The molecule has 2 nitrogen and oxygen atoms in total. The van der Waals surface area contributed by atoms with E-state index in [1.54, 1.807) is 6.92 Å². The molecule has 1 aromatic rings. The van der Waals surface area contributed by atoms with E-state index < -0.39 is 17.6 Å². The Morgan fingerprint density at radius 2 is 1.88 bits per heavy atom. The molecule has 16 heavy (non-hydrogen) atoms. The normalized spacial score (nSPS) is 10.2. The van der Waals surface area contributed by atoms with Gasteiger partial charge < -0.3 is 4.74 Å². The van der Waals surface area contributed by atoms with Crippen LogP contribution in [0.25, 0.3) is 0 Å². The molecule has 0 radical (unpaired) electrons. The fourth-order valence-electron chi connectivity index (χ4n) is 1.29. The number of carbonyl (C=O) groups is 1. The van der Waals surface area contributed by atoms with Gasteiger partial charge in [0, 0.05) is 5.88 Å². The number of benzene rings is 1. The second-order valence-electron chi connectivity index (χ2n) is 3.15. The number of halogens is 3. The summed E-state index contributed by atoms with van der Waals surface area (Å²) in [5.74, 6) is -2.43. The molecule has 0 amide bonds. The molecule has 0 atom stereocenters. The van der Waals surface area contributed by atoms with Crippen molar-refractivity contribution in [3.63, 3.8) is 0 Å². The second kappa shape index (κ2) is 5.80. The summed E-state index contributed by atoms with van der Waals surface area (Å²) in [6.07, 6.45) is -0.104. The standard InChI is InChI=1S/C11H11ClF2O2/c1-2-16-11(15)5-7-3-9(13)10(14)4-8(7)6-12/h3-4H,2,5-6H2,1H3. The quantitative estimate of drug-likeness (QED) is 0.605. The Labute approximate surface area is 97.2 Å². The van der Waals surface area contributed by atoms with Gasteiger partial charge in [-0.3, -0.25) is 4.79 Å². The summed E-state index contributed by atoms with van der Waals surface area (Å²) in [6, 6.07) is 1.97. The van der Waals surface area contributed by atoms with E-state index in [0.717, 1.165) is 12.1 Å². The van der Waals surface area contributed by atoms with Gasteiger partial charge in [-0.15, -0.1) is 11.6 Å². The third-order valence-electron chi connectivity index (χ3n) is 2.03. The summed E-state index contributed by atoms with van der Waals surface area (Å²) in [7, 11) is 0. The van der Waals surface area contributed by atoms with E-state index in [1.807, 2.05) is 0 Å². The van der Waals surface area contributed by atoms with Crippen molar-refractivity contribution >= 4 is 17.6 Å². The molecule has 88 valence electrons. The summed E-state index contributed by atoms with van der Waals surface area (Å²) in [6.45, 7) is 1.92. The zero-order chi connectivity index (χ0) is 12.1. The lowest BCUT2D eigenvalue weighted by Gasteiger charge is -2.07. The molecular formula is C11H11ClF2O2. The van der Waals surface area contributed by atoms with Crippen molar-refractivity contribution in [3.05, 3.63) is 34.9 Å². The van der Waals surface area contributed by atoms with Crippen molar-refractivity contribution < 1.29 is 18.3 Å². The van der Waals surface area contributed by atoms with E-state index in [4.69, 9.17) is 16.3 Å². The van der Waals surface area contributed by atoms with Crippen LogP contribution in [0.4, 0.5) is 8.78 Å². The summed E-state index contributed by atoms with van der Waals surface area (Å²) in [5, 5.41) is 0. The number of hydrogen-bond donors (Lipinski definition) is 0. The number of rotatable bonds is 4. The predicted molar refractivity (Wildman–Crippen MR) is 56.3 cm³/mol. The molecule has 0 aliphatic heterocycles. The Balaban J connectivity index is 2.94. The van der Waals surface area contributed by atoms with Gasteiger partial charge in [-0.1, -0.05) is 0 Å². The third-order valence-corrected chi connectivity index (χ3v) is 2.31. The Morgan fingerprint density at radius 1 is 1.31 bits per heavy atom. The van der Waals surface area contributed by atoms with Gasteiger partial charge in [-0.2, -0.15) is 0 Å². The summed E-state index contributed by atoms with van der Waals surface area (Å²) < 4.78 is 30.6. The maximum atomic E-state index is 13.0. The minimum atomic E-state index is -0.992. The van der Waals surface area contributed by atoms with E-state index in [0.29, 0.717) is 11.1 Å². The maximum Gasteiger partial charge on any atom is 0.310 e. The van der Waals surface area contributed by atoms with Crippen LogP contribution in [0, 0.1) is 11.6 Å². The smallest absolute Gasteiger partial charge is 0.310 e. The Kier molecular flexibility index (Phi) is 4.68. The van der Waals surface area contributed by atoms with Gasteiger partial charge in [0.1, 0.15) is 0 Å². The first kappa shape index (κ1) is 12.9. The fourth-order valence-corrected chi connectivity index (χ4v) is 1.53. The molecule has 0 N–H and O–H groups in total. The molecule has 0 saturated carbocycles. The Hall–Kier alpha value is -1.16. The molecule has 0 aromatic heterocycles. The number of carbonyl (C=O) groups excluding carboxylic acids is 1. The topological polar surface area (TPSA) is 26.3 Å². The molecule has 0 saturated heterocycles. The summed E-state index contributed by atoms with van der Waals surface area (Å²) in [4.78, 5) is 11.2. The highest BCUT2D eigenvalue weighted by Crippen LogP contribution is 2.18. The van der Waals surface area contributed by atoms with E-state index in [2.05, 4.69) is 0 Å². The molecule has 5 heteroatoms. The van der Waals surface area contributed by atoms with Crippen LogP contribution in [0.1, 0.15) is 18.1 Å². The average molecular weight is 249 g/mol. The lowest BCUT2D eigenvalue weighted by Crippen LogP contribution is -2.09. The maximum absolute atomic E-state index is 13.0. The molecule has 0 heterocycles. The zero-order valence-corrected chi connectivity index (χ0v) is 9.48. The van der Waals surface area contributed by atoms with Crippen LogP contribution in [0.15, 0.2) is 12.1 Å². The van der Waals surface area contributed by atoms with Crippen LogP contribution in [0.2, 0.25) is 0 Å². The average Bonchev–Trinajstić information content (AvgIpc) is 2.23. The Bertz CT molecular complexity index is 394. The fraction of sp³-hybridized carbons (Fsp3) is 0.364. The van der Waals surface area contributed by atoms with Gasteiger partial charge in [-0.25, -0.2) is 8.78 Å². The highest BCUT2D eigenvalue weighted by Gasteiger charge is 2.12. The monoisotopic (exact) mass is 248 g/mol. The number of ether oxygens (including phenoxy) is 1. The highest BCUT2D eigenvalue weighted by atomic mass is 35.5. The summed E-state index contributed by atoms with van der Waals surface area (Å²) >= 11 is 5.58. The van der Waals surface area contributed by atoms with Gasteiger partial charge in [0.05, 0.1) is 13.0 Å². The predicted octanol–water partition coefficient (Wildman–Crippen LogP) is 2.81. The SMILES string of the molecule is CCOC(=O)Cc1cc(F)c(F)cc1CCl. The van der Waals surface area contributed by atoms with Crippen molar-refractivity contribution in [1.29, 1.82) is 0 Å². The van der Waals surface area contributed by atoms with Gasteiger partial charge in [0.25, 0.3) is 0 Å². The summed E-state index contributed by atoms with van der Waals surface area (Å²) in [5.41, 5.74) is 0.751. The molecule has 1 rings (SSSR count). The number of alkyl halides is 1. The first-order chi connectivity index (χ1) is 7.58. The van der Waals surface area contributed by atoms with Gasteiger partial charge in [0.15, 0.2) is 11.6 Å². The van der Waals surface area contributed by atoms with Gasteiger partial charge >= 0.3 is 5.97 Å². The molecule has 0 unspecified atom stereocenters. The van der Waals surface area contributed by atoms with E-state index in [-0.39, 0.29) is 18.9 Å². The van der Waals surface area contributed by atoms with Crippen molar-refractivity contribution in [2.45, 2.75) is 19.2 Å². The largest absolute Gasteiger partial charge is 0.466 e. The minimum absolute atomic E-state index is 0.0198. The molecular weight excluding hydrogens is 238 g/mol. The molecule has 0 aliphatic rings. The first-order valence-electron chi connectivity index (χ1n) is 4.76. The molecule has 0 fully saturated rings. The zero-order valence-electron chi connectivity index (χ0n) is 8.73. The Morgan fingerprint density at radius 3 is 2.38 bits per heavy atom. The molecule has 1 aromatic carbocycles. The number of hydrogen-bond acceptors (Lipinski definition) is 2. The van der Waals surface area contributed by atoms with Crippen molar-refractivity contribution in [2.75, 3.05) is 6.61 Å². The van der Waals surface area contributed by atoms with Crippen molar-refractivity contribution in [3.8, 4) is 0 Å². The molecule has 0 aliphatic carbocycles. The van der Waals surface area contributed by atoms with Crippen molar-refractivity contribution in [2.24, 2.45) is 0 Å². The third kappa shape index (κ3) is 3.17. The van der Waals surface area contributed by atoms with Crippen LogP contribution in [-0.2, 0) is 21.8 Å². The van der Waals surface area contributed by atoms with Crippen LogP contribution in [0.3, 0.4) is 0 Å². The van der Waals surface area contributed by atoms with E-state index >= 15 is 0 Å². The van der Waals surface area contributed by atoms with Crippen LogP contribution in [-0.4, -0.2) is 12.6 Å². The van der Waals surface area contributed by atoms with E-state index in [1.165, 1.54) is 0 Å². The lowest BCUT2D eigenvalue weighted by atomic mass is 10.1. The van der Waals surface area contributed by atoms with Crippen molar-refractivity contribution in [1.82, 2.24) is 0 Å². The first-order valence-corrected chi connectivity index (χ1v) is 5.30.